The summed E-state index contributed by atoms with van der Waals surface area (Å²) in [5, 5.41) is 0.830. The van der Waals surface area contributed by atoms with E-state index in [9.17, 15) is 27.2 Å². The van der Waals surface area contributed by atoms with E-state index in [-0.39, 0.29) is 29.7 Å². The van der Waals surface area contributed by atoms with Crippen LogP contribution in [-0.4, -0.2) is 58.2 Å². The number of carbonyl (C=O) groups excluding carboxylic acids is 1. The summed E-state index contributed by atoms with van der Waals surface area (Å²) in [6.07, 6.45) is -1.30. The normalized spacial score (nSPS) is 17.9. The third-order valence-electron chi connectivity index (χ3n) is 6.51. The molecule has 0 radical (unpaired) electrons. The van der Waals surface area contributed by atoms with Crippen molar-refractivity contribution in [3.63, 3.8) is 0 Å². The van der Waals surface area contributed by atoms with Gasteiger partial charge in [0.1, 0.15) is 17.5 Å². The predicted octanol–water partition coefficient (Wildman–Crippen LogP) is 4.96. The number of rotatable bonds is 4. The predicted molar refractivity (Wildman–Crippen MR) is 136 cm³/mol. The number of piperazine rings is 1. The summed E-state index contributed by atoms with van der Waals surface area (Å²) < 4.78 is 54.8. The second-order valence-electron chi connectivity index (χ2n) is 8.82. The number of halogens is 5. The van der Waals surface area contributed by atoms with E-state index in [2.05, 4.69) is 4.98 Å². The Balaban J connectivity index is 1.60. The number of aryl methyl sites for hydroxylation is 1. The first-order valence-corrected chi connectivity index (χ1v) is 12.9. The van der Waals surface area contributed by atoms with Crippen molar-refractivity contribution in [1.82, 2.24) is 14.5 Å². The zero-order valence-electron chi connectivity index (χ0n) is 19.6. The lowest BCUT2D eigenvalue weighted by atomic mass is 10.0. The largest absolute Gasteiger partial charge is 0.350 e. The van der Waals surface area contributed by atoms with E-state index in [1.807, 2.05) is 11.8 Å². The van der Waals surface area contributed by atoms with Gasteiger partial charge in [-0.05, 0) is 31.2 Å². The van der Waals surface area contributed by atoms with Gasteiger partial charge in [-0.25, -0.2) is 22.4 Å². The number of hydrogen-bond donors (Lipinski definition) is 0. The minimum absolute atomic E-state index is 0.132. The maximum absolute atomic E-state index is 14.8. The van der Waals surface area contributed by atoms with Crippen LogP contribution < -0.4 is 10.6 Å². The molecule has 2 aliphatic rings. The molecular weight excluding hydrogens is 532 g/mol. The van der Waals surface area contributed by atoms with E-state index in [0.29, 0.717) is 52.1 Å². The Kier molecular flexibility index (Phi) is 6.93. The van der Waals surface area contributed by atoms with Crippen LogP contribution in [0.2, 0.25) is 5.02 Å². The highest BCUT2D eigenvalue weighted by molar-refractivity contribution is 7.99. The summed E-state index contributed by atoms with van der Waals surface area (Å²) in [4.78, 5) is 33.7. The van der Waals surface area contributed by atoms with Crippen molar-refractivity contribution in [3.05, 3.63) is 63.6 Å². The number of alkyl halides is 2. The number of amides is 1. The number of nitrogens with zero attached hydrogens (tertiary/aromatic N) is 4. The average Bonchev–Trinajstić information content (AvgIpc) is 2.85. The Morgan fingerprint density at radius 1 is 1.22 bits per heavy atom. The van der Waals surface area contributed by atoms with E-state index in [0.717, 1.165) is 18.2 Å². The minimum Gasteiger partial charge on any atom is -0.350 e. The van der Waals surface area contributed by atoms with E-state index >= 15 is 0 Å². The van der Waals surface area contributed by atoms with Gasteiger partial charge >= 0.3 is 5.69 Å². The van der Waals surface area contributed by atoms with Gasteiger partial charge in [-0.15, -0.1) is 11.8 Å². The molecular formula is C25H21ClF4N4O2S. The van der Waals surface area contributed by atoms with Crippen molar-refractivity contribution < 1.29 is 22.4 Å². The molecule has 0 saturated carbocycles. The second-order valence-corrected chi connectivity index (χ2v) is 10.3. The van der Waals surface area contributed by atoms with E-state index in [1.165, 1.54) is 27.3 Å². The number of allylic oxidation sites excluding steroid dienone is 1. The zero-order chi connectivity index (χ0) is 26.4. The molecule has 1 saturated heterocycles. The summed E-state index contributed by atoms with van der Waals surface area (Å²) in [5.74, 6) is -1.05. The summed E-state index contributed by atoms with van der Waals surface area (Å²) in [5.41, 5.74) is 0.616. The van der Waals surface area contributed by atoms with Crippen molar-refractivity contribution >= 4 is 46.0 Å². The van der Waals surface area contributed by atoms with Gasteiger partial charge in [-0.2, -0.15) is 4.98 Å². The Hall–Kier alpha value is -3.05. The fourth-order valence-electron chi connectivity index (χ4n) is 4.84. The molecule has 37 heavy (non-hydrogen) atoms. The Labute approximate surface area is 218 Å². The van der Waals surface area contributed by atoms with Gasteiger partial charge < -0.3 is 9.80 Å². The maximum atomic E-state index is 14.8. The minimum atomic E-state index is -2.71. The molecule has 1 fully saturated rings. The SMILES string of the molecule is C[C@H]1CN(C(=O)/C=C/C(F)F)CCN1c1nc(=O)n2c3c(c(-c4ccc(F)cc4F)c(Cl)cc13)SCC2. The molecule has 1 aromatic heterocycles. The number of anilines is 1. The Morgan fingerprint density at radius 3 is 2.70 bits per heavy atom. The lowest BCUT2D eigenvalue weighted by Crippen LogP contribution is -2.54. The molecule has 2 aromatic carbocycles. The van der Waals surface area contributed by atoms with Gasteiger partial charge in [-0.3, -0.25) is 9.36 Å². The molecule has 2 aliphatic heterocycles. The van der Waals surface area contributed by atoms with Crippen LogP contribution in [0.3, 0.4) is 0 Å². The van der Waals surface area contributed by atoms with Gasteiger partial charge in [0.2, 0.25) is 5.91 Å². The van der Waals surface area contributed by atoms with Crippen molar-refractivity contribution in [3.8, 4) is 11.1 Å². The van der Waals surface area contributed by atoms with Crippen LogP contribution >= 0.6 is 23.4 Å². The smallest absolute Gasteiger partial charge is 0.350 e. The lowest BCUT2D eigenvalue weighted by Gasteiger charge is -2.41. The summed E-state index contributed by atoms with van der Waals surface area (Å²) in [7, 11) is 0. The zero-order valence-corrected chi connectivity index (χ0v) is 21.1. The number of thioether (sulfide) groups is 1. The summed E-state index contributed by atoms with van der Waals surface area (Å²) in [6, 6.07) is 4.63. The van der Waals surface area contributed by atoms with Gasteiger partial charge in [-0.1, -0.05) is 11.6 Å². The fourth-order valence-corrected chi connectivity index (χ4v) is 6.40. The molecule has 6 nitrogen and oxygen atoms in total. The van der Waals surface area contributed by atoms with E-state index in [4.69, 9.17) is 11.6 Å². The third kappa shape index (κ3) is 4.70. The lowest BCUT2D eigenvalue weighted by molar-refractivity contribution is -0.126. The molecule has 194 valence electrons. The quantitative estimate of drug-likeness (QED) is 0.338. The first-order chi connectivity index (χ1) is 17.7. The van der Waals surface area contributed by atoms with Crippen molar-refractivity contribution in [1.29, 1.82) is 0 Å². The van der Waals surface area contributed by atoms with Gasteiger partial charge in [0, 0.05) is 71.5 Å². The molecule has 0 bridgehead atoms. The van der Waals surface area contributed by atoms with Gasteiger partial charge in [0.25, 0.3) is 6.43 Å². The second kappa shape index (κ2) is 10.0. The highest BCUT2D eigenvalue weighted by atomic mass is 35.5. The number of hydrogen-bond acceptors (Lipinski definition) is 5. The highest BCUT2D eigenvalue weighted by Gasteiger charge is 2.31. The van der Waals surface area contributed by atoms with Crippen molar-refractivity contribution in [2.45, 2.75) is 30.8 Å². The Bertz CT molecular complexity index is 1500. The first-order valence-electron chi connectivity index (χ1n) is 11.5. The molecule has 12 heteroatoms. The van der Waals surface area contributed by atoms with Crippen molar-refractivity contribution in [2.24, 2.45) is 0 Å². The van der Waals surface area contributed by atoms with Crippen LogP contribution in [-0.2, 0) is 11.3 Å². The molecule has 3 aromatic rings. The Morgan fingerprint density at radius 2 is 2.00 bits per heavy atom. The molecule has 0 spiro atoms. The van der Waals surface area contributed by atoms with Crippen LogP contribution in [0.4, 0.5) is 23.4 Å². The molecule has 0 unspecified atom stereocenters. The van der Waals surface area contributed by atoms with E-state index in [1.54, 1.807) is 6.07 Å². The first kappa shape index (κ1) is 25.6. The molecule has 0 N–H and O–H groups in total. The van der Waals surface area contributed by atoms with Crippen LogP contribution in [0.5, 0.6) is 0 Å². The monoisotopic (exact) mass is 552 g/mol. The van der Waals surface area contributed by atoms with E-state index < -0.39 is 29.7 Å². The van der Waals surface area contributed by atoms with Gasteiger partial charge in [0.05, 0.1) is 10.5 Å². The summed E-state index contributed by atoms with van der Waals surface area (Å²) >= 11 is 8.13. The maximum Gasteiger partial charge on any atom is 0.350 e. The average molecular weight is 553 g/mol. The van der Waals surface area contributed by atoms with Crippen LogP contribution in [0.25, 0.3) is 22.0 Å². The molecule has 5 rings (SSSR count). The topological polar surface area (TPSA) is 58.4 Å². The van der Waals surface area contributed by atoms with Crippen LogP contribution in [0, 0.1) is 11.6 Å². The molecule has 1 amide bonds. The van der Waals surface area contributed by atoms with Crippen LogP contribution in [0.1, 0.15) is 6.92 Å². The third-order valence-corrected chi connectivity index (χ3v) is 7.88. The van der Waals surface area contributed by atoms with Gasteiger partial charge in [0.15, 0.2) is 0 Å². The molecule has 3 heterocycles. The molecule has 0 aliphatic carbocycles. The van der Waals surface area contributed by atoms with Crippen molar-refractivity contribution in [2.75, 3.05) is 30.3 Å². The fraction of sp³-hybridized carbons (Fsp3) is 0.320. The van der Waals surface area contributed by atoms with Crippen LogP contribution in [0.15, 0.2) is 46.1 Å². The number of carbonyl (C=O) groups is 1. The molecule has 1 atom stereocenters. The number of aromatic nitrogens is 2. The highest BCUT2D eigenvalue weighted by Crippen LogP contribution is 2.46. The number of benzene rings is 2. The standard InChI is InChI=1S/C25H21ClF4N4O2S/c1-13-12-32(20(35)5-4-19(29)30)6-7-33(13)24-16-11-17(26)21(15-3-2-14(27)10-18(15)28)23-22(16)34(8-9-37-23)25(36)31-24/h2-5,10-11,13,19H,6-9,12H2,1H3/b5-4+/t13-/m0/s1. The summed E-state index contributed by atoms with van der Waals surface area (Å²) in [6.45, 7) is 3.06.